The van der Waals surface area contributed by atoms with Crippen LogP contribution in [0.25, 0.3) is 11.4 Å². The highest BCUT2D eigenvalue weighted by Gasteiger charge is 2.17. The molecule has 5 heteroatoms. The molecule has 0 saturated heterocycles. The first kappa shape index (κ1) is 64.8. The van der Waals surface area contributed by atoms with Gasteiger partial charge in [-0.2, -0.15) is 15.0 Å². The molecule has 0 bridgehead atoms. The summed E-state index contributed by atoms with van der Waals surface area (Å²) in [4.78, 5) is 15.8. The number of nitrogens with one attached hydrogen (secondary N) is 2. The van der Waals surface area contributed by atoms with E-state index in [4.69, 9.17) is 15.0 Å². The van der Waals surface area contributed by atoms with Crippen molar-refractivity contribution >= 4 is 23.3 Å². The molecular formula is C71H117N5. The van der Waals surface area contributed by atoms with Crippen LogP contribution in [0.1, 0.15) is 319 Å². The lowest BCUT2D eigenvalue weighted by Gasteiger charge is -2.20. The number of anilines is 4. The van der Waals surface area contributed by atoms with E-state index in [9.17, 15) is 0 Å². The number of hydrogen-bond acceptors (Lipinski definition) is 5. The van der Waals surface area contributed by atoms with Gasteiger partial charge in [-0.3, -0.25) is 0 Å². The Bertz CT molecular complexity index is 1860. The first-order valence-corrected chi connectivity index (χ1v) is 33.1. The lowest BCUT2D eigenvalue weighted by Crippen LogP contribution is -2.09. The van der Waals surface area contributed by atoms with E-state index in [2.05, 4.69) is 108 Å². The SMILES string of the molecule is CCCCCCCCc1cc(Nc2nc(Nc3cc(CCCCCCCC)c(CCCCCCCC)c(CCCCCCCC)c3)nc(-c3ccc(CC)cc3)n2)cc(CCCCCCCC)c1CCCCCCCC. The Morgan fingerprint density at radius 2 is 0.553 bits per heavy atom. The maximum absolute atomic E-state index is 5.29. The molecule has 0 amide bonds. The van der Waals surface area contributed by atoms with Crippen LogP contribution in [0.4, 0.5) is 23.3 Å². The van der Waals surface area contributed by atoms with Crippen LogP contribution in [0, 0.1) is 0 Å². The topological polar surface area (TPSA) is 62.7 Å². The van der Waals surface area contributed by atoms with Crippen LogP contribution in [0.5, 0.6) is 0 Å². The van der Waals surface area contributed by atoms with Crippen molar-refractivity contribution in [1.82, 2.24) is 15.0 Å². The highest BCUT2D eigenvalue weighted by atomic mass is 15.2. The van der Waals surface area contributed by atoms with E-state index in [1.165, 1.54) is 250 Å². The molecule has 1 aromatic heterocycles. The van der Waals surface area contributed by atoms with E-state index >= 15 is 0 Å². The molecule has 0 radical (unpaired) electrons. The summed E-state index contributed by atoms with van der Waals surface area (Å²) < 4.78 is 0. The van der Waals surface area contributed by atoms with Gasteiger partial charge in [0.1, 0.15) is 0 Å². The van der Waals surface area contributed by atoms with Crippen LogP contribution < -0.4 is 10.6 Å². The van der Waals surface area contributed by atoms with Gasteiger partial charge in [0.05, 0.1) is 0 Å². The minimum atomic E-state index is 0.617. The van der Waals surface area contributed by atoms with E-state index in [0.717, 1.165) is 49.0 Å². The first-order valence-electron chi connectivity index (χ1n) is 33.1. The van der Waals surface area contributed by atoms with Crippen molar-refractivity contribution in [2.75, 3.05) is 10.6 Å². The highest BCUT2D eigenvalue weighted by molar-refractivity contribution is 5.66. The average Bonchev–Trinajstić information content (AvgIpc) is 3.43. The summed E-state index contributed by atoms with van der Waals surface area (Å²) in [7, 11) is 0. The van der Waals surface area contributed by atoms with Crippen molar-refractivity contribution < 1.29 is 0 Å². The van der Waals surface area contributed by atoms with Gasteiger partial charge in [-0.05, 0) is 147 Å². The van der Waals surface area contributed by atoms with E-state index in [1.54, 1.807) is 33.4 Å². The maximum Gasteiger partial charge on any atom is 0.232 e. The zero-order valence-corrected chi connectivity index (χ0v) is 50.9. The number of aromatic nitrogens is 3. The van der Waals surface area contributed by atoms with Gasteiger partial charge in [-0.25, -0.2) is 0 Å². The third kappa shape index (κ3) is 26.8. The van der Waals surface area contributed by atoms with E-state index in [-0.39, 0.29) is 0 Å². The Balaban J connectivity index is 1.79. The molecule has 0 aliphatic rings. The standard InChI is InChI=1S/C71H117N5/c1-8-15-21-27-33-39-45-61-55-65(56-62(46-40-34-28-22-16-9-2)67(61)49-43-37-31-25-19-12-5)72-70-74-69(60-53-51-59(14-7)52-54-60)75-71(76-70)73-66-57-63(47-41-35-29-23-17-10-3)68(50-44-38-32-26-20-13-6)64(58-66)48-42-36-30-24-18-11-4/h51-58H,8-50H2,1-7H3,(H2,72,73,74,75,76). The second-order valence-electron chi connectivity index (χ2n) is 23.3. The van der Waals surface area contributed by atoms with Crippen LogP contribution in [-0.2, 0) is 44.9 Å². The maximum atomic E-state index is 5.29. The van der Waals surface area contributed by atoms with Crippen LogP contribution >= 0.6 is 0 Å². The fourth-order valence-corrected chi connectivity index (χ4v) is 11.6. The monoisotopic (exact) mass is 1040 g/mol. The van der Waals surface area contributed by atoms with Gasteiger partial charge < -0.3 is 10.6 Å². The smallest absolute Gasteiger partial charge is 0.232 e. The zero-order valence-electron chi connectivity index (χ0n) is 50.9. The predicted molar refractivity (Wildman–Crippen MR) is 337 cm³/mol. The van der Waals surface area contributed by atoms with Gasteiger partial charge in [-0.15, -0.1) is 0 Å². The summed E-state index contributed by atoms with van der Waals surface area (Å²) in [5.74, 6) is 1.94. The number of nitrogens with zero attached hydrogens (tertiary/aromatic N) is 3. The van der Waals surface area contributed by atoms with Crippen LogP contribution in [0.15, 0.2) is 48.5 Å². The zero-order chi connectivity index (χ0) is 54.1. The Morgan fingerprint density at radius 1 is 0.289 bits per heavy atom. The molecule has 4 aromatic rings. The number of benzene rings is 3. The third-order valence-corrected chi connectivity index (χ3v) is 16.4. The van der Waals surface area contributed by atoms with Crippen molar-refractivity contribution in [3.05, 3.63) is 87.5 Å². The Morgan fingerprint density at radius 3 is 0.829 bits per heavy atom. The van der Waals surface area contributed by atoms with Gasteiger partial charge in [-0.1, -0.05) is 265 Å². The van der Waals surface area contributed by atoms with Gasteiger partial charge in [0.25, 0.3) is 0 Å². The first-order chi connectivity index (χ1) is 37.5. The van der Waals surface area contributed by atoms with Crippen molar-refractivity contribution in [2.24, 2.45) is 0 Å². The second-order valence-corrected chi connectivity index (χ2v) is 23.3. The fraction of sp³-hybridized carbons (Fsp3) is 0.704. The van der Waals surface area contributed by atoms with Crippen LogP contribution in [0.3, 0.4) is 0 Å². The second kappa shape index (κ2) is 42.2. The number of hydrogen-bond donors (Lipinski definition) is 2. The van der Waals surface area contributed by atoms with Gasteiger partial charge >= 0.3 is 0 Å². The molecular weight excluding hydrogens is 923 g/mol. The molecule has 0 saturated carbocycles. The minimum Gasteiger partial charge on any atom is -0.324 e. The largest absolute Gasteiger partial charge is 0.324 e. The number of unbranched alkanes of at least 4 members (excludes halogenated alkanes) is 30. The Kier molecular flexibility index (Phi) is 36.0. The summed E-state index contributed by atoms with van der Waals surface area (Å²) >= 11 is 0. The van der Waals surface area contributed by atoms with Gasteiger partial charge in [0.15, 0.2) is 5.82 Å². The molecule has 0 aliphatic heterocycles. The van der Waals surface area contributed by atoms with E-state index in [0.29, 0.717) is 17.7 Å². The molecule has 4 rings (SSSR count). The van der Waals surface area contributed by atoms with Crippen molar-refractivity contribution in [3.8, 4) is 11.4 Å². The Labute approximate surface area is 470 Å². The third-order valence-electron chi connectivity index (χ3n) is 16.4. The molecule has 76 heavy (non-hydrogen) atoms. The predicted octanol–water partition coefficient (Wildman–Crippen LogP) is 23.0. The molecule has 1 heterocycles. The summed E-state index contributed by atoms with van der Waals surface area (Å²) in [6.45, 7) is 16.2. The quantitative estimate of drug-likeness (QED) is 0.0432. The summed E-state index contributed by atoms with van der Waals surface area (Å²) in [5, 5.41) is 7.73. The van der Waals surface area contributed by atoms with Gasteiger partial charge in [0.2, 0.25) is 11.9 Å². The van der Waals surface area contributed by atoms with Crippen LogP contribution in [-0.4, -0.2) is 15.0 Å². The molecule has 0 spiro atoms. The van der Waals surface area contributed by atoms with Crippen molar-refractivity contribution in [2.45, 2.75) is 325 Å². The Hall–Kier alpha value is -3.73. The normalized spacial score (nSPS) is 11.5. The lowest BCUT2D eigenvalue weighted by molar-refractivity contribution is 0.593. The molecule has 5 nitrogen and oxygen atoms in total. The molecule has 0 fully saturated rings. The minimum absolute atomic E-state index is 0.617. The van der Waals surface area contributed by atoms with E-state index < -0.39 is 0 Å². The molecule has 3 aromatic carbocycles. The summed E-state index contributed by atoms with van der Waals surface area (Å²) in [5.41, 5.74) is 14.1. The number of aryl methyl sites for hydroxylation is 5. The van der Waals surface area contributed by atoms with Gasteiger partial charge in [0, 0.05) is 16.9 Å². The van der Waals surface area contributed by atoms with E-state index in [1.807, 2.05) is 0 Å². The average molecular weight is 1040 g/mol. The number of rotatable bonds is 48. The summed E-state index contributed by atoms with van der Waals surface area (Å²) in [6, 6.07) is 18.8. The molecule has 0 unspecified atom stereocenters. The van der Waals surface area contributed by atoms with Crippen LogP contribution in [0.2, 0.25) is 0 Å². The molecule has 0 atom stereocenters. The summed E-state index contributed by atoms with van der Waals surface area (Å²) in [6.07, 6.45) is 55.6. The fourth-order valence-electron chi connectivity index (χ4n) is 11.6. The molecule has 0 aliphatic carbocycles. The van der Waals surface area contributed by atoms with Crippen molar-refractivity contribution in [1.29, 1.82) is 0 Å². The molecule has 426 valence electrons. The van der Waals surface area contributed by atoms with Crippen molar-refractivity contribution in [3.63, 3.8) is 0 Å². The lowest BCUT2D eigenvalue weighted by atomic mass is 9.89. The molecule has 2 N–H and O–H groups in total. The highest BCUT2D eigenvalue weighted by Crippen LogP contribution is 2.32.